The van der Waals surface area contributed by atoms with Crippen LogP contribution in [0.15, 0.2) is 11.0 Å². The third-order valence-corrected chi connectivity index (χ3v) is 10.2. The number of nitrogens with two attached hydrogens (primary N) is 1. The molecular weight excluding hydrogens is 554 g/mol. The number of thioether (sulfide) groups is 1. The molecule has 3 aliphatic carbocycles. The Morgan fingerprint density at radius 2 is 1.85 bits per heavy atom. The zero-order valence-corrected chi connectivity index (χ0v) is 23.7. The number of carbonyl (C=O) groups excluding carboxylic acids is 3. The van der Waals surface area contributed by atoms with Crippen molar-refractivity contribution < 1.29 is 44.4 Å². The number of benzene rings is 1. The van der Waals surface area contributed by atoms with Crippen LogP contribution in [-0.4, -0.2) is 74.3 Å². The van der Waals surface area contributed by atoms with Gasteiger partial charge in [0.05, 0.1) is 4.90 Å². The molecule has 6 atom stereocenters. The van der Waals surface area contributed by atoms with Crippen LogP contribution in [0.5, 0.6) is 11.5 Å². The van der Waals surface area contributed by atoms with E-state index < -0.39 is 42.4 Å². The molecule has 0 aromatic heterocycles. The number of Topliss-reactive ketones (excluding diaryl/α,β-unsaturated/α-hetero) is 1. The molecule has 0 radical (unpaired) electrons. The number of phenolic OH excluding ortho intramolecular Hbond substituents is 2. The van der Waals surface area contributed by atoms with Crippen molar-refractivity contribution >= 4 is 41.3 Å². The lowest BCUT2D eigenvalue weighted by atomic mass is 9.55. The highest BCUT2D eigenvalue weighted by atomic mass is 32.2. The van der Waals surface area contributed by atoms with Gasteiger partial charge in [-0.15, -0.1) is 11.8 Å². The molecular formula is C28H37N3O9S. The number of aliphatic carboxylic acids is 2. The van der Waals surface area contributed by atoms with Gasteiger partial charge in [-0.2, -0.15) is 0 Å². The van der Waals surface area contributed by atoms with Crippen LogP contribution in [0.1, 0.15) is 68.9 Å². The summed E-state index contributed by atoms with van der Waals surface area (Å²) in [5.74, 6) is -3.57. The lowest BCUT2D eigenvalue weighted by Crippen LogP contribution is -2.49. The summed E-state index contributed by atoms with van der Waals surface area (Å²) in [6.07, 6.45) is 4.00. The second-order valence-electron chi connectivity index (χ2n) is 11.5. The molecule has 12 nitrogen and oxygen atoms in total. The first-order valence-electron chi connectivity index (χ1n) is 13.8. The number of ketones is 1. The minimum Gasteiger partial charge on any atom is -0.504 e. The fourth-order valence-corrected chi connectivity index (χ4v) is 7.90. The molecule has 3 aliphatic rings. The summed E-state index contributed by atoms with van der Waals surface area (Å²) in [6, 6.07) is -0.641. The van der Waals surface area contributed by atoms with Crippen LogP contribution in [0, 0.1) is 17.3 Å². The number of fused-ring (bicyclic) bond motifs is 5. The van der Waals surface area contributed by atoms with E-state index in [0.717, 1.165) is 43.0 Å². The maximum absolute atomic E-state index is 12.7. The van der Waals surface area contributed by atoms with Crippen molar-refractivity contribution in [1.82, 2.24) is 10.6 Å². The molecule has 8 N–H and O–H groups in total. The van der Waals surface area contributed by atoms with Crippen molar-refractivity contribution in [1.29, 1.82) is 0 Å². The molecule has 0 saturated heterocycles. The van der Waals surface area contributed by atoms with Gasteiger partial charge in [-0.25, -0.2) is 0 Å². The highest BCUT2D eigenvalue weighted by Gasteiger charge is 2.54. The van der Waals surface area contributed by atoms with Crippen LogP contribution in [0.3, 0.4) is 0 Å². The van der Waals surface area contributed by atoms with Gasteiger partial charge in [0.25, 0.3) is 0 Å². The maximum atomic E-state index is 12.7. The summed E-state index contributed by atoms with van der Waals surface area (Å²) in [5.41, 5.74) is 6.77. The van der Waals surface area contributed by atoms with Gasteiger partial charge in [0.2, 0.25) is 11.8 Å². The Hall–Kier alpha value is -3.32. The van der Waals surface area contributed by atoms with Crippen molar-refractivity contribution in [3.05, 3.63) is 17.2 Å². The Morgan fingerprint density at radius 1 is 1.12 bits per heavy atom. The fraction of sp³-hybridized carbons (Fsp3) is 0.607. The quantitative estimate of drug-likeness (QED) is 0.144. The van der Waals surface area contributed by atoms with Crippen LogP contribution in [0.4, 0.5) is 0 Å². The second-order valence-corrected chi connectivity index (χ2v) is 12.6. The summed E-state index contributed by atoms with van der Waals surface area (Å²) in [6.45, 7) is 1.41. The topological polar surface area (TPSA) is 216 Å². The Kier molecular flexibility index (Phi) is 9.17. The van der Waals surface area contributed by atoms with Gasteiger partial charge in [0.1, 0.15) is 24.4 Å². The van der Waals surface area contributed by atoms with E-state index >= 15 is 0 Å². The highest BCUT2D eigenvalue weighted by molar-refractivity contribution is 7.99. The van der Waals surface area contributed by atoms with Crippen LogP contribution in [-0.2, 0) is 30.4 Å². The molecule has 1 aromatic rings. The average Bonchev–Trinajstić information content (AvgIpc) is 3.24. The first kappa shape index (κ1) is 30.6. The van der Waals surface area contributed by atoms with Crippen molar-refractivity contribution in [2.45, 2.75) is 81.2 Å². The van der Waals surface area contributed by atoms with E-state index in [2.05, 4.69) is 17.6 Å². The number of carbonyl (C=O) groups is 5. The number of nitrogens with one attached hydrogen (secondary N) is 2. The molecule has 2 fully saturated rings. The molecule has 0 aliphatic heterocycles. The summed E-state index contributed by atoms with van der Waals surface area (Å²) >= 11 is 1.03. The molecule has 0 spiro atoms. The van der Waals surface area contributed by atoms with Crippen molar-refractivity contribution in [2.24, 2.45) is 23.0 Å². The monoisotopic (exact) mass is 591 g/mol. The SMILES string of the molecule is CC12CCC3c4cc(SCC(NC(=O)CCC(N)C(=O)O)C(=O)NCC(=O)O)c(O)c(O)c4CCC3C1CCC2=O. The Morgan fingerprint density at radius 3 is 2.54 bits per heavy atom. The Balaban J connectivity index is 1.52. The average molecular weight is 592 g/mol. The molecule has 4 rings (SSSR count). The van der Waals surface area contributed by atoms with E-state index in [1.807, 2.05) is 6.07 Å². The van der Waals surface area contributed by atoms with Crippen LogP contribution >= 0.6 is 11.8 Å². The number of carboxylic acid groups (broad SMARTS) is 2. The van der Waals surface area contributed by atoms with Crippen molar-refractivity contribution in [3.63, 3.8) is 0 Å². The van der Waals surface area contributed by atoms with Crippen molar-refractivity contribution in [2.75, 3.05) is 12.3 Å². The molecule has 41 heavy (non-hydrogen) atoms. The van der Waals surface area contributed by atoms with Crippen LogP contribution in [0.2, 0.25) is 0 Å². The van der Waals surface area contributed by atoms with E-state index in [1.54, 1.807) is 0 Å². The second kappa shape index (κ2) is 12.3. The molecule has 2 amide bonds. The minimum atomic E-state index is -1.28. The smallest absolute Gasteiger partial charge is 0.322 e. The van der Waals surface area contributed by atoms with E-state index in [4.69, 9.17) is 15.9 Å². The van der Waals surface area contributed by atoms with Gasteiger partial charge in [-0.3, -0.25) is 24.0 Å². The zero-order chi connectivity index (χ0) is 30.1. The largest absolute Gasteiger partial charge is 0.504 e. The number of amides is 2. The highest BCUT2D eigenvalue weighted by Crippen LogP contribution is 2.61. The lowest BCUT2D eigenvalue weighted by Gasteiger charge is -2.48. The van der Waals surface area contributed by atoms with E-state index in [1.165, 1.54) is 0 Å². The van der Waals surface area contributed by atoms with E-state index in [-0.39, 0.29) is 47.3 Å². The number of carboxylic acids is 2. The van der Waals surface area contributed by atoms with Crippen molar-refractivity contribution in [3.8, 4) is 11.5 Å². The number of aromatic hydroxyl groups is 2. The third kappa shape index (κ3) is 6.30. The van der Waals surface area contributed by atoms with Gasteiger partial charge in [-0.05, 0) is 67.9 Å². The number of hydrogen-bond donors (Lipinski definition) is 7. The van der Waals surface area contributed by atoms with Crippen LogP contribution in [0.25, 0.3) is 0 Å². The van der Waals surface area contributed by atoms with E-state index in [9.17, 15) is 34.2 Å². The Bertz CT molecular complexity index is 1250. The molecule has 2 saturated carbocycles. The molecule has 0 heterocycles. The van der Waals surface area contributed by atoms with E-state index in [0.29, 0.717) is 35.0 Å². The molecule has 13 heteroatoms. The molecule has 0 bridgehead atoms. The lowest BCUT2D eigenvalue weighted by molar-refractivity contribution is -0.139. The van der Waals surface area contributed by atoms with Gasteiger partial charge in [-0.1, -0.05) is 6.92 Å². The van der Waals surface area contributed by atoms with Gasteiger partial charge in [0.15, 0.2) is 11.5 Å². The standard InChI is InChI=1S/C28H37N3O9S/c1-28-9-8-13-14(17(28)4-6-21(28)32)2-3-15-16(13)10-20(25(37)24(15)36)41-12-19(26(38)30-11-23(34)35)31-22(33)7-5-18(29)27(39)40/h10,13-14,17-19,36-37H,2-9,11-12,29H2,1H3,(H,30,38)(H,31,33)(H,34,35)(H,39,40). The zero-order valence-electron chi connectivity index (χ0n) is 22.9. The first-order chi connectivity index (χ1) is 19.3. The summed E-state index contributed by atoms with van der Waals surface area (Å²) in [7, 11) is 0. The van der Waals surface area contributed by atoms with Gasteiger partial charge in [0, 0.05) is 29.6 Å². The number of phenols is 2. The predicted octanol–water partition coefficient (Wildman–Crippen LogP) is 1.49. The number of hydrogen-bond acceptors (Lipinski definition) is 9. The van der Waals surface area contributed by atoms with Crippen LogP contribution < -0.4 is 16.4 Å². The fourth-order valence-electron chi connectivity index (χ4n) is 6.87. The van der Waals surface area contributed by atoms with Gasteiger partial charge < -0.3 is 36.8 Å². The minimum absolute atomic E-state index is 0.0999. The number of rotatable bonds is 11. The summed E-state index contributed by atoms with van der Waals surface area (Å²) in [5, 5.41) is 44.4. The molecule has 6 unspecified atom stereocenters. The predicted molar refractivity (Wildman–Crippen MR) is 148 cm³/mol. The Labute approximate surface area is 241 Å². The molecule has 1 aromatic carbocycles. The summed E-state index contributed by atoms with van der Waals surface area (Å²) < 4.78 is 0. The third-order valence-electron chi connectivity index (χ3n) is 9.12. The summed E-state index contributed by atoms with van der Waals surface area (Å²) in [4.78, 5) is 60.1. The van der Waals surface area contributed by atoms with Gasteiger partial charge >= 0.3 is 11.9 Å². The molecule has 224 valence electrons. The normalized spacial score (nSPS) is 26.2. The first-order valence-corrected chi connectivity index (χ1v) is 14.8. The maximum Gasteiger partial charge on any atom is 0.322 e.